The number of furan rings is 1. The van der Waals surface area contributed by atoms with Crippen molar-refractivity contribution >= 4 is 34.7 Å². The van der Waals surface area contributed by atoms with Crippen LogP contribution in [0.4, 0.5) is 10.2 Å². The van der Waals surface area contributed by atoms with Crippen LogP contribution < -0.4 is 11.1 Å². The number of aromatic nitrogens is 1. The molecule has 0 bridgehead atoms. The Kier molecular flexibility index (Phi) is 5.56. The fraction of sp³-hybridized carbons (Fsp3) is 0.261. The maximum Gasteiger partial charge on any atom is 0.246 e. The second-order valence-electron chi connectivity index (χ2n) is 7.70. The van der Waals surface area contributed by atoms with E-state index in [0.29, 0.717) is 41.0 Å². The smallest absolute Gasteiger partial charge is 0.246 e. The van der Waals surface area contributed by atoms with E-state index in [1.807, 2.05) is 6.07 Å². The van der Waals surface area contributed by atoms with Crippen LogP contribution in [0, 0.1) is 12.7 Å². The zero-order valence-electron chi connectivity index (χ0n) is 17.3. The topological polar surface area (TPSA) is 101 Å². The van der Waals surface area contributed by atoms with Crippen molar-refractivity contribution in [3.05, 3.63) is 64.8 Å². The van der Waals surface area contributed by atoms with Gasteiger partial charge in [-0.25, -0.2) is 9.37 Å². The Morgan fingerprint density at radius 3 is 3.03 bits per heavy atom. The van der Waals surface area contributed by atoms with Gasteiger partial charge in [0.05, 0.1) is 18.0 Å². The van der Waals surface area contributed by atoms with Crippen molar-refractivity contribution < 1.29 is 18.4 Å². The number of carbonyl (C=O) groups is 2. The Bertz CT molecular complexity index is 1200. The standard InChI is InChI=1S/C23H23FN4O3/c1-13-19(31-18-5-3-4-16(24)21(13)18)12-28(2)20(29)9-6-14-10-15-7-8-17(25)23(30)27-22(15)26-11-14/h3-6,9-11,17H,7-8,12,25H2,1-2H3,(H,26,27,30). The van der Waals surface area contributed by atoms with E-state index in [4.69, 9.17) is 10.2 Å². The van der Waals surface area contributed by atoms with E-state index in [2.05, 4.69) is 10.3 Å². The van der Waals surface area contributed by atoms with E-state index in [9.17, 15) is 14.0 Å². The van der Waals surface area contributed by atoms with Gasteiger partial charge in [-0.05, 0) is 55.2 Å². The number of benzene rings is 1. The van der Waals surface area contributed by atoms with E-state index in [1.54, 1.807) is 38.4 Å². The zero-order chi connectivity index (χ0) is 22.1. The van der Waals surface area contributed by atoms with Crippen molar-refractivity contribution in [2.24, 2.45) is 5.73 Å². The van der Waals surface area contributed by atoms with Crippen LogP contribution in [-0.4, -0.2) is 34.8 Å². The number of hydrogen-bond acceptors (Lipinski definition) is 5. The van der Waals surface area contributed by atoms with Gasteiger partial charge in [0.15, 0.2) is 0 Å². The fourth-order valence-electron chi connectivity index (χ4n) is 3.62. The molecular weight excluding hydrogens is 399 g/mol. The summed E-state index contributed by atoms with van der Waals surface area (Å²) in [4.78, 5) is 30.2. The van der Waals surface area contributed by atoms with Gasteiger partial charge in [-0.15, -0.1) is 0 Å². The molecule has 0 saturated carbocycles. The largest absolute Gasteiger partial charge is 0.459 e. The van der Waals surface area contributed by atoms with Gasteiger partial charge in [-0.3, -0.25) is 9.59 Å². The number of aryl methyl sites for hydroxylation is 2. The molecule has 3 N–H and O–H groups in total. The third-order valence-corrected chi connectivity index (χ3v) is 5.47. The van der Waals surface area contributed by atoms with Gasteiger partial charge in [0.1, 0.15) is 23.0 Å². The third kappa shape index (κ3) is 4.20. The summed E-state index contributed by atoms with van der Waals surface area (Å²) in [5, 5.41) is 3.16. The van der Waals surface area contributed by atoms with E-state index in [-0.39, 0.29) is 24.2 Å². The molecule has 2 amide bonds. The Morgan fingerprint density at radius 2 is 2.26 bits per heavy atom. The van der Waals surface area contributed by atoms with Crippen LogP contribution in [0.2, 0.25) is 0 Å². The number of nitrogens with zero attached hydrogens (tertiary/aromatic N) is 2. The lowest BCUT2D eigenvalue weighted by atomic mass is 10.1. The van der Waals surface area contributed by atoms with Crippen molar-refractivity contribution in [3.8, 4) is 0 Å². The van der Waals surface area contributed by atoms with Crippen molar-refractivity contribution in [2.45, 2.75) is 32.4 Å². The number of anilines is 1. The summed E-state index contributed by atoms with van der Waals surface area (Å²) < 4.78 is 19.8. The number of pyridine rings is 1. The first kappa shape index (κ1) is 20.7. The number of nitrogens with two attached hydrogens (primary N) is 1. The van der Waals surface area contributed by atoms with E-state index < -0.39 is 6.04 Å². The van der Waals surface area contributed by atoms with Crippen LogP contribution in [0.5, 0.6) is 0 Å². The maximum absolute atomic E-state index is 14.1. The predicted octanol–water partition coefficient (Wildman–Crippen LogP) is 3.16. The van der Waals surface area contributed by atoms with Crippen LogP contribution >= 0.6 is 0 Å². The van der Waals surface area contributed by atoms with Crippen molar-refractivity contribution in [3.63, 3.8) is 0 Å². The van der Waals surface area contributed by atoms with Crippen molar-refractivity contribution in [1.82, 2.24) is 9.88 Å². The summed E-state index contributed by atoms with van der Waals surface area (Å²) >= 11 is 0. The van der Waals surface area contributed by atoms with Crippen molar-refractivity contribution in [2.75, 3.05) is 12.4 Å². The molecule has 0 spiro atoms. The van der Waals surface area contributed by atoms with Crippen LogP contribution in [0.3, 0.4) is 0 Å². The number of hydrogen-bond donors (Lipinski definition) is 2. The molecule has 1 atom stereocenters. The quantitative estimate of drug-likeness (QED) is 0.629. The highest BCUT2D eigenvalue weighted by Gasteiger charge is 2.21. The molecular formula is C23H23FN4O3. The molecule has 8 heteroatoms. The first-order chi connectivity index (χ1) is 14.8. The summed E-state index contributed by atoms with van der Waals surface area (Å²) in [6, 6.07) is 6.02. The van der Waals surface area contributed by atoms with Crippen LogP contribution in [0.1, 0.15) is 28.9 Å². The number of likely N-dealkylation sites (N-methyl/N-ethyl adjacent to an activating group) is 1. The predicted molar refractivity (Wildman–Crippen MR) is 116 cm³/mol. The molecule has 3 heterocycles. The molecule has 3 aromatic rings. The first-order valence-electron chi connectivity index (χ1n) is 9.98. The number of carbonyl (C=O) groups excluding carboxylic acids is 2. The lowest BCUT2D eigenvalue weighted by Gasteiger charge is -2.14. The highest BCUT2D eigenvalue weighted by atomic mass is 19.1. The molecule has 1 aliphatic heterocycles. The summed E-state index contributed by atoms with van der Waals surface area (Å²) in [6.07, 6.45) is 5.87. The number of halogens is 1. The van der Waals surface area contributed by atoms with Gasteiger partial charge >= 0.3 is 0 Å². The second kappa shape index (κ2) is 8.31. The van der Waals surface area contributed by atoms with Gasteiger partial charge in [-0.2, -0.15) is 0 Å². The van der Waals surface area contributed by atoms with Crippen LogP contribution in [-0.2, 0) is 22.6 Å². The number of fused-ring (bicyclic) bond motifs is 2. The monoisotopic (exact) mass is 422 g/mol. The zero-order valence-corrected chi connectivity index (χ0v) is 17.3. The molecule has 1 aliphatic rings. The highest BCUT2D eigenvalue weighted by Crippen LogP contribution is 2.28. The van der Waals surface area contributed by atoms with Gasteiger partial charge in [-0.1, -0.05) is 6.07 Å². The van der Waals surface area contributed by atoms with E-state index in [0.717, 1.165) is 11.1 Å². The van der Waals surface area contributed by atoms with Gasteiger partial charge in [0.2, 0.25) is 11.8 Å². The number of amides is 2. The Labute approximate surface area is 178 Å². The van der Waals surface area contributed by atoms with Gasteiger partial charge < -0.3 is 20.4 Å². The minimum atomic E-state index is -0.557. The fourth-order valence-corrected chi connectivity index (χ4v) is 3.62. The molecule has 1 unspecified atom stereocenters. The molecule has 31 heavy (non-hydrogen) atoms. The molecule has 0 saturated heterocycles. The minimum absolute atomic E-state index is 0.218. The number of nitrogens with one attached hydrogen (secondary N) is 1. The van der Waals surface area contributed by atoms with Crippen LogP contribution in [0.15, 0.2) is 41.0 Å². The Hall–Kier alpha value is -3.52. The molecule has 2 aromatic heterocycles. The van der Waals surface area contributed by atoms with Crippen LogP contribution in [0.25, 0.3) is 17.0 Å². The second-order valence-corrected chi connectivity index (χ2v) is 7.70. The first-order valence-corrected chi connectivity index (χ1v) is 9.98. The molecule has 4 rings (SSSR count). The van der Waals surface area contributed by atoms with E-state index >= 15 is 0 Å². The third-order valence-electron chi connectivity index (χ3n) is 5.47. The molecule has 1 aromatic carbocycles. The summed E-state index contributed by atoms with van der Waals surface area (Å²) in [5.41, 5.74) is 8.57. The molecule has 160 valence electrons. The summed E-state index contributed by atoms with van der Waals surface area (Å²) in [6.45, 7) is 2.00. The molecule has 0 aliphatic carbocycles. The lowest BCUT2D eigenvalue weighted by molar-refractivity contribution is -0.125. The summed E-state index contributed by atoms with van der Waals surface area (Å²) in [5.74, 6) is 0.235. The molecule has 0 radical (unpaired) electrons. The average molecular weight is 422 g/mol. The summed E-state index contributed by atoms with van der Waals surface area (Å²) in [7, 11) is 1.65. The normalized spacial score (nSPS) is 16.3. The number of rotatable bonds is 4. The van der Waals surface area contributed by atoms with Gasteiger partial charge in [0, 0.05) is 24.9 Å². The van der Waals surface area contributed by atoms with Crippen molar-refractivity contribution in [1.29, 1.82) is 0 Å². The SMILES string of the molecule is Cc1c(CN(C)C(=O)C=Cc2cnc3c(c2)CCC(N)C(=O)N3)oc2cccc(F)c12. The Balaban J connectivity index is 1.47. The average Bonchev–Trinajstić information content (AvgIpc) is 2.99. The Morgan fingerprint density at radius 1 is 1.45 bits per heavy atom. The van der Waals surface area contributed by atoms with Gasteiger partial charge in [0.25, 0.3) is 0 Å². The lowest BCUT2D eigenvalue weighted by Crippen LogP contribution is -2.34. The highest BCUT2D eigenvalue weighted by molar-refractivity contribution is 5.95. The molecule has 0 fully saturated rings. The maximum atomic E-state index is 14.1. The minimum Gasteiger partial charge on any atom is -0.459 e. The van der Waals surface area contributed by atoms with E-state index in [1.165, 1.54) is 17.0 Å². The molecule has 7 nitrogen and oxygen atoms in total.